The van der Waals surface area contributed by atoms with Gasteiger partial charge in [0.25, 0.3) is 0 Å². The second-order valence-electron chi connectivity index (χ2n) is 5.11. The van der Waals surface area contributed by atoms with E-state index < -0.39 is 11.7 Å². The fourth-order valence-electron chi connectivity index (χ4n) is 2.32. The Morgan fingerprint density at radius 2 is 2.05 bits per heavy atom. The summed E-state index contributed by atoms with van der Waals surface area (Å²) in [6.45, 7) is 1.09. The molecule has 0 aromatic heterocycles. The molecule has 1 saturated heterocycles. The molecule has 1 unspecified atom stereocenters. The van der Waals surface area contributed by atoms with Gasteiger partial charge >= 0.3 is 0 Å². The van der Waals surface area contributed by atoms with Crippen molar-refractivity contribution in [3.63, 3.8) is 0 Å². The quantitative estimate of drug-likeness (QED) is 0.846. The summed E-state index contributed by atoms with van der Waals surface area (Å²) in [7, 11) is 0. The Labute approximate surface area is 118 Å². The third kappa shape index (κ3) is 3.94. The molecule has 0 aliphatic carbocycles. The molecular weight excluding hydrogens is 258 g/mol. The third-order valence-corrected chi connectivity index (χ3v) is 3.48. The van der Waals surface area contributed by atoms with Crippen LogP contribution < -0.4 is 4.74 Å². The van der Waals surface area contributed by atoms with Crippen molar-refractivity contribution >= 4 is 0 Å². The van der Waals surface area contributed by atoms with Crippen molar-refractivity contribution in [1.29, 1.82) is 5.26 Å². The van der Waals surface area contributed by atoms with E-state index in [1.807, 2.05) is 6.07 Å². The molecule has 1 aliphatic heterocycles. The predicted octanol–water partition coefficient (Wildman–Crippen LogP) is 1.23. The molecule has 5 heteroatoms. The Balaban J connectivity index is 1.86. The number of ether oxygens (including phenoxy) is 2. The first-order valence-corrected chi connectivity index (χ1v) is 6.73. The molecule has 0 spiro atoms. The average molecular weight is 277 g/mol. The second kappa shape index (κ2) is 6.71. The SMILES string of the molecule is N#Cc1ccccc1OCC(O)CC1(O)CCOCC1. The molecule has 108 valence electrons. The average Bonchev–Trinajstić information content (AvgIpc) is 2.45. The van der Waals surface area contributed by atoms with Gasteiger partial charge in [-0.1, -0.05) is 12.1 Å². The van der Waals surface area contributed by atoms with E-state index in [4.69, 9.17) is 14.7 Å². The van der Waals surface area contributed by atoms with Gasteiger partial charge in [-0.15, -0.1) is 0 Å². The maximum Gasteiger partial charge on any atom is 0.137 e. The Hall–Kier alpha value is -1.61. The van der Waals surface area contributed by atoms with Gasteiger partial charge in [0.15, 0.2) is 0 Å². The summed E-state index contributed by atoms with van der Waals surface area (Å²) in [6.07, 6.45) is 0.535. The van der Waals surface area contributed by atoms with E-state index >= 15 is 0 Å². The highest BCUT2D eigenvalue weighted by molar-refractivity contribution is 5.42. The monoisotopic (exact) mass is 277 g/mol. The van der Waals surface area contributed by atoms with Gasteiger partial charge in [0.1, 0.15) is 18.4 Å². The summed E-state index contributed by atoms with van der Waals surface area (Å²) in [5.41, 5.74) is -0.444. The molecular formula is C15H19NO4. The molecule has 0 amide bonds. The van der Waals surface area contributed by atoms with Gasteiger partial charge in [0.2, 0.25) is 0 Å². The summed E-state index contributed by atoms with van der Waals surface area (Å²) >= 11 is 0. The number of nitrogens with zero attached hydrogens (tertiary/aromatic N) is 1. The molecule has 1 aromatic carbocycles. The lowest BCUT2D eigenvalue weighted by molar-refractivity contribution is -0.0906. The Bertz CT molecular complexity index is 477. The van der Waals surface area contributed by atoms with Gasteiger partial charge < -0.3 is 19.7 Å². The van der Waals surface area contributed by atoms with E-state index in [9.17, 15) is 10.2 Å². The molecule has 0 radical (unpaired) electrons. The number of nitriles is 1. The lowest BCUT2D eigenvalue weighted by atomic mass is 9.88. The Morgan fingerprint density at radius 3 is 2.75 bits per heavy atom. The van der Waals surface area contributed by atoms with E-state index in [1.54, 1.807) is 24.3 Å². The number of para-hydroxylation sites is 1. The van der Waals surface area contributed by atoms with Crippen molar-refractivity contribution in [2.24, 2.45) is 0 Å². The Morgan fingerprint density at radius 1 is 1.35 bits per heavy atom. The molecule has 1 aromatic rings. The summed E-state index contributed by atoms with van der Waals surface area (Å²) < 4.78 is 10.7. The maximum absolute atomic E-state index is 10.3. The first-order chi connectivity index (χ1) is 9.63. The van der Waals surface area contributed by atoms with Crippen LogP contribution in [0, 0.1) is 11.3 Å². The van der Waals surface area contributed by atoms with Crippen LogP contribution in [0.1, 0.15) is 24.8 Å². The zero-order valence-corrected chi connectivity index (χ0v) is 11.3. The van der Waals surface area contributed by atoms with Gasteiger partial charge in [0, 0.05) is 19.6 Å². The van der Waals surface area contributed by atoms with Gasteiger partial charge in [-0.2, -0.15) is 5.26 Å². The van der Waals surface area contributed by atoms with Crippen LogP contribution in [0.5, 0.6) is 5.75 Å². The normalized spacial score (nSPS) is 19.1. The van der Waals surface area contributed by atoms with Crippen LogP contribution in [0.2, 0.25) is 0 Å². The van der Waals surface area contributed by atoms with Crippen LogP contribution in [-0.4, -0.2) is 41.7 Å². The zero-order chi connectivity index (χ0) is 14.4. The van der Waals surface area contributed by atoms with Crippen molar-refractivity contribution < 1.29 is 19.7 Å². The van der Waals surface area contributed by atoms with E-state index in [0.29, 0.717) is 37.4 Å². The van der Waals surface area contributed by atoms with E-state index in [1.165, 1.54) is 0 Å². The predicted molar refractivity (Wildman–Crippen MR) is 72.3 cm³/mol. The van der Waals surface area contributed by atoms with Crippen LogP contribution in [-0.2, 0) is 4.74 Å². The molecule has 5 nitrogen and oxygen atoms in total. The summed E-state index contributed by atoms with van der Waals surface area (Å²) in [5.74, 6) is 0.452. The Kier molecular flexibility index (Phi) is 4.96. The number of rotatable bonds is 5. The van der Waals surface area contributed by atoms with Crippen molar-refractivity contribution in [2.45, 2.75) is 31.0 Å². The van der Waals surface area contributed by atoms with Crippen molar-refractivity contribution in [3.8, 4) is 11.8 Å². The highest BCUT2D eigenvalue weighted by Crippen LogP contribution is 2.26. The minimum Gasteiger partial charge on any atom is -0.490 e. The van der Waals surface area contributed by atoms with Gasteiger partial charge in [-0.25, -0.2) is 0 Å². The van der Waals surface area contributed by atoms with E-state index in [0.717, 1.165) is 0 Å². The number of hydrogen-bond acceptors (Lipinski definition) is 5. The molecule has 2 rings (SSSR count). The molecule has 1 heterocycles. The number of benzene rings is 1. The smallest absolute Gasteiger partial charge is 0.137 e. The van der Waals surface area contributed by atoms with Gasteiger partial charge in [-0.05, 0) is 25.0 Å². The minimum atomic E-state index is -0.879. The van der Waals surface area contributed by atoms with Gasteiger partial charge in [-0.3, -0.25) is 0 Å². The first kappa shape index (κ1) is 14.8. The molecule has 1 atom stereocenters. The summed E-state index contributed by atoms with van der Waals surface area (Å²) in [4.78, 5) is 0. The van der Waals surface area contributed by atoms with E-state index in [-0.39, 0.29) is 13.0 Å². The molecule has 0 saturated carbocycles. The van der Waals surface area contributed by atoms with Crippen LogP contribution in [0.3, 0.4) is 0 Å². The standard InChI is InChI=1S/C15H19NO4/c16-10-12-3-1-2-4-14(12)20-11-13(17)9-15(18)5-7-19-8-6-15/h1-4,13,17-18H,5-9,11H2. The van der Waals surface area contributed by atoms with Crippen LogP contribution >= 0.6 is 0 Å². The molecule has 0 bridgehead atoms. The lowest BCUT2D eigenvalue weighted by Gasteiger charge is -2.33. The topological polar surface area (TPSA) is 82.7 Å². The molecule has 1 aliphatic rings. The largest absolute Gasteiger partial charge is 0.490 e. The van der Waals surface area contributed by atoms with Crippen LogP contribution in [0.15, 0.2) is 24.3 Å². The molecule has 1 fully saturated rings. The zero-order valence-electron chi connectivity index (χ0n) is 11.3. The highest BCUT2D eigenvalue weighted by atomic mass is 16.5. The van der Waals surface area contributed by atoms with Gasteiger partial charge in [0.05, 0.1) is 17.3 Å². The van der Waals surface area contributed by atoms with Crippen molar-refractivity contribution in [2.75, 3.05) is 19.8 Å². The van der Waals surface area contributed by atoms with Crippen molar-refractivity contribution in [3.05, 3.63) is 29.8 Å². The molecule has 2 N–H and O–H groups in total. The molecule has 20 heavy (non-hydrogen) atoms. The maximum atomic E-state index is 10.3. The number of hydrogen-bond donors (Lipinski definition) is 2. The first-order valence-electron chi connectivity index (χ1n) is 6.73. The number of aliphatic hydroxyl groups is 2. The highest BCUT2D eigenvalue weighted by Gasteiger charge is 2.32. The van der Waals surface area contributed by atoms with Crippen LogP contribution in [0.4, 0.5) is 0 Å². The third-order valence-electron chi connectivity index (χ3n) is 3.48. The van der Waals surface area contributed by atoms with E-state index in [2.05, 4.69) is 0 Å². The van der Waals surface area contributed by atoms with Crippen molar-refractivity contribution in [1.82, 2.24) is 0 Å². The van der Waals surface area contributed by atoms with Crippen LogP contribution in [0.25, 0.3) is 0 Å². The summed E-state index contributed by atoms with van der Waals surface area (Å²) in [6, 6.07) is 8.91. The fraction of sp³-hybridized carbons (Fsp3) is 0.533. The lowest BCUT2D eigenvalue weighted by Crippen LogP contribution is -2.40. The fourth-order valence-corrected chi connectivity index (χ4v) is 2.32. The second-order valence-corrected chi connectivity index (χ2v) is 5.11. The number of aliphatic hydroxyl groups excluding tert-OH is 1. The summed E-state index contributed by atoms with van der Waals surface area (Å²) in [5, 5.41) is 29.2. The minimum absolute atomic E-state index is 0.0574.